The summed E-state index contributed by atoms with van der Waals surface area (Å²) in [4.78, 5) is 13.8. The van der Waals surface area contributed by atoms with Crippen LogP contribution in [0.3, 0.4) is 0 Å². The molecule has 1 N–H and O–H groups in total. The van der Waals surface area contributed by atoms with Gasteiger partial charge in [-0.25, -0.2) is 0 Å². The Labute approximate surface area is 139 Å². The van der Waals surface area contributed by atoms with Gasteiger partial charge >= 0.3 is 0 Å². The summed E-state index contributed by atoms with van der Waals surface area (Å²) >= 11 is 0. The number of ether oxygens (including phenoxy) is 1. The van der Waals surface area contributed by atoms with Gasteiger partial charge in [-0.2, -0.15) is 0 Å². The molecule has 1 amide bonds. The van der Waals surface area contributed by atoms with Gasteiger partial charge in [-0.3, -0.25) is 4.79 Å². The van der Waals surface area contributed by atoms with E-state index < -0.39 is 0 Å². The first-order valence-corrected chi connectivity index (χ1v) is 8.67. The molecule has 1 aromatic carbocycles. The van der Waals surface area contributed by atoms with Crippen LogP contribution in [0.2, 0.25) is 0 Å². The number of piperidine rings is 1. The first-order chi connectivity index (χ1) is 11.3. The maximum absolute atomic E-state index is 11.9. The molecule has 0 aliphatic carbocycles. The molecule has 1 aliphatic heterocycles. The highest BCUT2D eigenvalue weighted by Gasteiger charge is 2.13. The van der Waals surface area contributed by atoms with E-state index in [9.17, 15) is 4.79 Å². The van der Waals surface area contributed by atoms with E-state index in [0.29, 0.717) is 13.2 Å². The Morgan fingerprint density at radius 3 is 2.65 bits per heavy atom. The predicted octanol–water partition coefficient (Wildman–Crippen LogP) is 2.79. The molecule has 0 bridgehead atoms. The lowest BCUT2D eigenvalue weighted by molar-refractivity contribution is -0.126. The van der Waals surface area contributed by atoms with Crippen molar-refractivity contribution in [2.75, 3.05) is 32.8 Å². The Kier molecular flexibility index (Phi) is 7.67. The molecule has 0 unspecified atom stereocenters. The van der Waals surface area contributed by atoms with Crippen molar-refractivity contribution >= 4 is 5.91 Å². The van der Waals surface area contributed by atoms with Gasteiger partial charge in [0.25, 0.3) is 0 Å². The molecule has 0 aromatic heterocycles. The minimum absolute atomic E-state index is 0.138. The Bertz CT molecular complexity index is 491. The number of hydrogen-bond donors (Lipinski definition) is 1. The first kappa shape index (κ1) is 17.5. The number of aryl methyl sites for hydroxylation is 1. The summed E-state index contributed by atoms with van der Waals surface area (Å²) < 4.78 is 5.67. The van der Waals surface area contributed by atoms with Crippen LogP contribution in [0.25, 0.3) is 0 Å². The second-order valence-electron chi connectivity index (χ2n) is 5.84. The van der Waals surface area contributed by atoms with Gasteiger partial charge in [-0.15, -0.1) is 0 Å². The molecule has 1 aromatic rings. The molecule has 1 heterocycles. The molecule has 1 saturated heterocycles. The Morgan fingerprint density at radius 1 is 1.22 bits per heavy atom. The van der Waals surface area contributed by atoms with Crippen LogP contribution in [0, 0.1) is 0 Å². The molecule has 0 radical (unpaired) electrons. The number of carbonyl (C=O) groups excluding carboxylic acids is 1. The van der Waals surface area contributed by atoms with Gasteiger partial charge in [0, 0.05) is 32.3 Å². The highest BCUT2D eigenvalue weighted by Crippen LogP contribution is 2.12. The number of nitrogens with one attached hydrogen (secondary N) is 1. The highest BCUT2D eigenvalue weighted by atomic mass is 16.5. The third-order valence-electron chi connectivity index (χ3n) is 4.07. The van der Waals surface area contributed by atoms with Crippen molar-refractivity contribution in [3.63, 3.8) is 0 Å². The molecule has 2 rings (SSSR count). The van der Waals surface area contributed by atoms with Gasteiger partial charge in [0.15, 0.2) is 0 Å². The summed E-state index contributed by atoms with van der Waals surface area (Å²) in [6.45, 7) is 6.03. The van der Waals surface area contributed by atoms with Crippen molar-refractivity contribution < 1.29 is 9.53 Å². The number of benzene rings is 1. The number of hydrogen-bond acceptors (Lipinski definition) is 3. The third-order valence-corrected chi connectivity index (χ3v) is 4.07. The van der Waals surface area contributed by atoms with Crippen molar-refractivity contribution in [3.05, 3.63) is 42.0 Å². The zero-order chi connectivity index (χ0) is 16.3. The van der Waals surface area contributed by atoms with E-state index in [0.717, 1.165) is 44.6 Å². The van der Waals surface area contributed by atoms with Gasteiger partial charge in [0.1, 0.15) is 12.4 Å². The Morgan fingerprint density at radius 2 is 1.96 bits per heavy atom. The number of amides is 1. The minimum atomic E-state index is 0.138. The van der Waals surface area contributed by atoms with Gasteiger partial charge in [-0.1, -0.05) is 25.1 Å². The molecule has 0 spiro atoms. The minimum Gasteiger partial charge on any atom is -0.492 e. The highest BCUT2D eigenvalue weighted by molar-refractivity contribution is 5.87. The maximum atomic E-state index is 11.9. The molecule has 0 atom stereocenters. The fourth-order valence-corrected chi connectivity index (χ4v) is 2.63. The second-order valence-corrected chi connectivity index (χ2v) is 5.84. The molecule has 1 aliphatic rings. The van der Waals surface area contributed by atoms with E-state index in [2.05, 4.69) is 24.4 Å². The van der Waals surface area contributed by atoms with Crippen LogP contribution in [-0.2, 0) is 11.2 Å². The summed E-state index contributed by atoms with van der Waals surface area (Å²) in [7, 11) is 0. The van der Waals surface area contributed by atoms with Gasteiger partial charge in [-0.05, 0) is 43.4 Å². The van der Waals surface area contributed by atoms with E-state index in [4.69, 9.17) is 4.74 Å². The molecule has 1 fully saturated rings. The Hall–Kier alpha value is -1.81. The monoisotopic (exact) mass is 316 g/mol. The third kappa shape index (κ3) is 6.45. The summed E-state index contributed by atoms with van der Waals surface area (Å²) in [5.74, 6) is 1.04. The van der Waals surface area contributed by atoms with E-state index >= 15 is 0 Å². The second kappa shape index (κ2) is 10.1. The van der Waals surface area contributed by atoms with E-state index in [1.54, 1.807) is 6.08 Å². The van der Waals surface area contributed by atoms with Gasteiger partial charge in [0.05, 0.1) is 0 Å². The van der Waals surface area contributed by atoms with Crippen LogP contribution >= 0.6 is 0 Å². The number of carbonyl (C=O) groups is 1. The maximum Gasteiger partial charge on any atom is 0.246 e. The Balaban J connectivity index is 1.54. The zero-order valence-electron chi connectivity index (χ0n) is 14.1. The lowest BCUT2D eigenvalue weighted by atomic mass is 10.1. The standard InChI is InChI=1S/C19H28N2O2/c1-2-17-8-10-18(11-9-17)23-16-13-20-12-6-7-19(22)21-14-4-3-5-15-21/h6-11,20H,2-5,12-16H2,1H3/b7-6+. The number of likely N-dealkylation sites (tertiary alicyclic amines) is 1. The zero-order valence-corrected chi connectivity index (χ0v) is 14.1. The van der Waals surface area contributed by atoms with Crippen molar-refractivity contribution in [3.8, 4) is 5.75 Å². The topological polar surface area (TPSA) is 41.6 Å². The number of nitrogens with zero attached hydrogens (tertiary/aromatic N) is 1. The molecular formula is C19H28N2O2. The van der Waals surface area contributed by atoms with Gasteiger partial charge < -0.3 is 15.0 Å². The quantitative estimate of drug-likeness (QED) is 0.592. The van der Waals surface area contributed by atoms with Crippen LogP contribution in [0.1, 0.15) is 31.7 Å². The predicted molar refractivity (Wildman–Crippen MR) is 93.8 cm³/mol. The van der Waals surface area contributed by atoms with Crippen molar-refractivity contribution in [1.82, 2.24) is 10.2 Å². The lowest BCUT2D eigenvalue weighted by Gasteiger charge is -2.25. The molecule has 126 valence electrons. The van der Waals surface area contributed by atoms with Crippen LogP contribution < -0.4 is 10.1 Å². The summed E-state index contributed by atoms with van der Waals surface area (Å²) in [6.07, 6.45) is 8.14. The SMILES string of the molecule is CCc1ccc(OCCNC/C=C/C(=O)N2CCCCC2)cc1. The van der Waals surface area contributed by atoms with Crippen LogP contribution in [0.15, 0.2) is 36.4 Å². The smallest absolute Gasteiger partial charge is 0.246 e. The summed E-state index contributed by atoms with van der Waals surface area (Å²) in [5.41, 5.74) is 1.32. The fraction of sp³-hybridized carbons (Fsp3) is 0.526. The van der Waals surface area contributed by atoms with Crippen LogP contribution in [-0.4, -0.2) is 43.6 Å². The largest absolute Gasteiger partial charge is 0.492 e. The summed E-state index contributed by atoms with van der Waals surface area (Å²) in [6, 6.07) is 8.21. The molecular weight excluding hydrogens is 288 g/mol. The van der Waals surface area contributed by atoms with Crippen molar-refractivity contribution in [1.29, 1.82) is 0 Å². The van der Waals surface area contributed by atoms with E-state index in [1.165, 1.54) is 12.0 Å². The number of rotatable bonds is 8. The molecule has 4 nitrogen and oxygen atoms in total. The van der Waals surface area contributed by atoms with Gasteiger partial charge in [0.2, 0.25) is 5.91 Å². The molecule has 4 heteroatoms. The van der Waals surface area contributed by atoms with E-state index in [-0.39, 0.29) is 5.91 Å². The lowest BCUT2D eigenvalue weighted by Crippen LogP contribution is -2.34. The summed E-state index contributed by atoms with van der Waals surface area (Å²) in [5, 5.41) is 3.25. The normalized spacial score (nSPS) is 15.1. The van der Waals surface area contributed by atoms with Crippen LogP contribution in [0.4, 0.5) is 0 Å². The fourth-order valence-electron chi connectivity index (χ4n) is 2.63. The van der Waals surface area contributed by atoms with Crippen LogP contribution in [0.5, 0.6) is 5.75 Å². The van der Waals surface area contributed by atoms with Crippen molar-refractivity contribution in [2.24, 2.45) is 0 Å². The van der Waals surface area contributed by atoms with Crippen molar-refractivity contribution in [2.45, 2.75) is 32.6 Å². The molecule has 0 saturated carbocycles. The molecule has 23 heavy (non-hydrogen) atoms. The first-order valence-electron chi connectivity index (χ1n) is 8.67. The average molecular weight is 316 g/mol. The average Bonchev–Trinajstić information content (AvgIpc) is 2.62. The van der Waals surface area contributed by atoms with E-state index in [1.807, 2.05) is 23.1 Å².